The fourth-order valence-electron chi connectivity index (χ4n) is 3.16. The molecule has 0 radical (unpaired) electrons. The van der Waals surface area contributed by atoms with Crippen LogP contribution in [0.25, 0.3) is 0 Å². The molecule has 3 aromatic rings. The number of amides is 2. The Labute approximate surface area is 190 Å². The van der Waals surface area contributed by atoms with E-state index >= 15 is 0 Å². The summed E-state index contributed by atoms with van der Waals surface area (Å²) in [6, 6.07) is 16.5. The molecular formula is C24H24ClFN2O2S. The molecule has 0 spiro atoms. The van der Waals surface area contributed by atoms with Crippen LogP contribution in [0.1, 0.15) is 34.6 Å². The van der Waals surface area contributed by atoms with Crippen LogP contribution in [0.15, 0.2) is 66.0 Å². The number of carbonyl (C=O) groups excluding carboxylic acids is 2. The average Bonchev–Trinajstić information content (AvgIpc) is 3.25. The van der Waals surface area contributed by atoms with E-state index in [0.717, 1.165) is 10.4 Å². The molecule has 3 rings (SSSR count). The van der Waals surface area contributed by atoms with E-state index in [1.54, 1.807) is 57.5 Å². The summed E-state index contributed by atoms with van der Waals surface area (Å²) < 4.78 is 13.3. The minimum Gasteiger partial charge on any atom is -0.332 e. The fourth-order valence-corrected chi connectivity index (χ4v) is 4.06. The van der Waals surface area contributed by atoms with Gasteiger partial charge in [0.25, 0.3) is 5.91 Å². The van der Waals surface area contributed by atoms with Crippen LogP contribution >= 0.6 is 22.9 Å². The highest BCUT2D eigenvalue weighted by molar-refractivity contribution is 7.09. The molecule has 0 bridgehead atoms. The molecule has 0 fully saturated rings. The van der Waals surface area contributed by atoms with E-state index < -0.39 is 0 Å². The van der Waals surface area contributed by atoms with E-state index in [1.807, 2.05) is 31.4 Å². The molecule has 31 heavy (non-hydrogen) atoms. The van der Waals surface area contributed by atoms with Crippen molar-refractivity contribution >= 4 is 34.8 Å². The summed E-state index contributed by atoms with van der Waals surface area (Å²) in [5.74, 6) is -0.747. The lowest BCUT2D eigenvalue weighted by Crippen LogP contribution is -2.45. The van der Waals surface area contributed by atoms with E-state index in [0.29, 0.717) is 23.7 Å². The number of rotatable bonds is 8. The van der Waals surface area contributed by atoms with Crippen molar-refractivity contribution in [2.75, 3.05) is 6.54 Å². The number of thiophene rings is 1. The predicted molar refractivity (Wildman–Crippen MR) is 123 cm³/mol. The first-order chi connectivity index (χ1) is 14.8. The van der Waals surface area contributed by atoms with Crippen LogP contribution in [0.3, 0.4) is 0 Å². The average molecular weight is 459 g/mol. The summed E-state index contributed by atoms with van der Waals surface area (Å²) in [6.07, 6.45) is 0. The summed E-state index contributed by atoms with van der Waals surface area (Å²) in [6.45, 7) is 4.44. The number of hydrogen-bond donors (Lipinski definition) is 0. The molecule has 0 atom stereocenters. The largest absolute Gasteiger partial charge is 0.332 e. The Morgan fingerprint density at radius 1 is 1.03 bits per heavy atom. The summed E-state index contributed by atoms with van der Waals surface area (Å²) in [5.41, 5.74) is 1.26. The van der Waals surface area contributed by atoms with E-state index in [1.165, 1.54) is 12.1 Å². The molecular weight excluding hydrogens is 435 g/mol. The molecule has 0 aliphatic rings. The van der Waals surface area contributed by atoms with Gasteiger partial charge in [-0.1, -0.05) is 35.9 Å². The molecule has 0 aliphatic heterocycles. The number of nitrogens with zero attached hydrogens (tertiary/aromatic N) is 2. The summed E-state index contributed by atoms with van der Waals surface area (Å²) in [4.78, 5) is 30.6. The molecule has 0 saturated carbocycles. The van der Waals surface area contributed by atoms with Crippen molar-refractivity contribution in [2.24, 2.45) is 0 Å². The second-order valence-corrected chi connectivity index (χ2v) is 8.96. The standard InChI is InChI=1S/C24H24ClFN2O2S/c1-17(2)28(24(30)19-5-3-6-20(25)13-19)16-23(29)27(15-22-7-4-12-31-22)14-18-8-10-21(26)11-9-18/h3-13,17H,14-16H2,1-2H3. The first kappa shape index (κ1) is 23.0. The minimum absolute atomic E-state index is 0.0599. The van der Waals surface area contributed by atoms with Crippen molar-refractivity contribution in [3.8, 4) is 0 Å². The van der Waals surface area contributed by atoms with Gasteiger partial charge in [-0.3, -0.25) is 9.59 Å². The van der Waals surface area contributed by atoms with Crippen LogP contribution < -0.4 is 0 Å². The number of hydrogen-bond acceptors (Lipinski definition) is 3. The third kappa shape index (κ3) is 6.39. The van der Waals surface area contributed by atoms with Gasteiger partial charge in [-0.25, -0.2) is 4.39 Å². The third-order valence-electron chi connectivity index (χ3n) is 4.83. The van der Waals surface area contributed by atoms with Gasteiger partial charge in [0.15, 0.2) is 0 Å². The quantitative estimate of drug-likeness (QED) is 0.439. The zero-order valence-corrected chi connectivity index (χ0v) is 19.0. The predicted octanol–water partition coefficient (Wildman–Crippen LogP) is 5.62. The zero-order valence-electron chi connectivity index (χ0n) is 17.4. The summed E-state index contributed by atoms with van der Waals surface area (Å²) >= 11 is 7.60. The molecule has 0 unspecified atom stereocenters. The maximum absolute atomic E-state index is 13.3. The highest BCUT2D eigenvalue weighted by atomic mass is 35.5. The summed E-state index contributed by atoms with van der Waals surface area (Å²) in [5, 5.41) is 2.43. The number of benzene rings is 2. The maximum atomic E-state index is 13.3. The lowest BCUT2D eigenvalue weighted by Gasteiger charge is -2.30. The van der Waals surface area contributed by atoms with Crippen LogP contribution in [0.4, 0.5) is 4.39 Å². The van der Waals surface area contributed by atoms with Gasteiger partial charge in [0.1, 0.15) is 12.4 Å². The van der Waals surface area contributed by atoms with Crippen molar-refractivity contribution in [3.05, 3.63) is 92.9 Å². The van der Waals surface area contributed by atoms with E-state index in [2.05, 4.69) is 0 Å². The van der Waals surface area contributed by atoms with Crippen LogP contribution in [-0.2, 0) is 17.9 Å². The van der Waals surface area contributed by atoms with Gasteiger partial charge in [-0.05, 0) is 61.2 Å². The Kier molecular flexibility index (Phi) is 7.82. The van der Waals surface area contributed by atoms with Gasteiger partial charge in [0, 0.05) is 28.0 Å². The van der Waals surface area contributed by atoms with Crippen LogP contribution in [-0.4, -0.2) is 34.2 Å². The van der Waals surface area contributed by atoms with Gasteiger partial charge < -0.3 is 9.80 Å². The Morgan fingerprint density at radius 3 is 2.39 bits per heavy atom. The molecule has 2 amide bonds. The van der Waals surface area contributed by atoms with Crippen molar-refractivity contribution in [3.63, 3.8) is 0 Å². The van der Waals surface area contributed by atoms with Crippen molar-refractivity contribution in [2.45, 2.75) is 33.0 Å². The lowest BCUT2D eigenvalue weighted by molar-refractivity contribution is -0.133. The summed E-state index contributed by atoms with van der Waals surface area (Å²) in [7, 11) is 0. The molecule has 7 heteroatoms. The van der Waals surface area contributed by atoms with Crippen molar-refractivity contribution < 1.29 is 14.0 Å². The van der Waals surface area contributed by atoms with E-state index in [9.17, 15) is 14.0 Å². The molecule has 1 heterocycles. The molecule has 0 aliphatic carbocycles. The normalized spacial score (nSPS) is 10.9. The molecule has 162 valence electrons. The van der Waals surface area contributed by atoms with Gasteiger partial charge in [-0.2, -0.15) is 0 Å². The van der Waals surface area contributed by atoms with E-state index in [-0.39, 0.29) is 30.2 Å². The smallest absolute Gasteiger partial charge is 0.254 e. The SMILES string of the molecule is CC(C)N(CC(=O)N(Cc1ccc(F)cc1)Cc1cccs1)C(=O)c1cccc(Cl)c1. The van der Waals surface area contributed by atoms with Crippen LogP contribution in [0.5, 0.6) is 0 Å². The third-order valence-corrected chi connectivity index (χ3v) is 5.92. The maximum Gasteiger partial charge on any atom is 0.254 e. The van der Waals surface area contributed by atoms with Crippen LogP contribution in [0, 0.1) is 5.82 Å². The van der Waals surface area contributed by atoms with Crippen molar-refractivity contribution in [1.82, 2.24) is 9.80 Å². The van der Waals surface area contributed by atoms with Gasteiger partial charge in [0.05, 0.1) is 6.54 Å². The monoisotopic (exact) mass is 458 g/mol. The highest BCUT2D eigenvalue weighted by Gasteiger charge is 2.25. The Balaban J connectivity index is 1.80. The molecule has 0 N–H and O–H groups in total. The first-order valence-corrected chi connectivity index (χ1v) is 11.2. The number of carbonyl (C=O) groups is 2. The Morgan fingerprint density at radius 2 is 1.77 bits per heavy atom. The molecule has 4 nitrogen and oxygen atoms in total. The second kappa shape index (κ2) is 10.6. The van der Waals surface area contributed by atoms with Gasteiger partial charge in [0.2, 0.25) is 5.91 Å². The fraction of sp³-hybridized carbons (Fsp3) is 0.250. The molecule has 1 aromatic heterocycles. The first-order valence-electron chi connectivity index (χ1n) is 9.94. The molecule has 2 aromatic carbocycles. The van der Waals surface area contributed by atoms with Gasteiger partial charge >= 0.3 is 0 Å². The topological polar surface area (TPSA) is 40.6 Å². The lowest BCUT2D eigenvalue weighted by atomic mass is 10.1. The second-order valence-electron chi connectivity index (χ2n) is 7.49. The Hall–Kier alpha value is -2.70. The number of halogens is 2. The van der Waals surface area contributed by atoms with Crippen molar-refractivity contribution in [1.29, 1.82) is 0 Å². The molecule has 0 saturated heterocycles. The van der Waals surface area contributed by atoms with Gasteiger partial charge in [-0.15, -0.1) is 11.3 Å². The van der Waals surface area contributed by atoms with Crippen LogP contribution in [0.2, 0.25) is 5.02 Å². The zero-order chi connectivity index (χ0) is 22.4. The Bertz CT molecular complexity index is 1020. The highest BCUT2D eigenvalue weighted by Crippen LogP contribution is 2.18. The van der Waals surface area contributed by atoms with E-state index in [4.69, 9.17) is 11.6 Å². The minimum atomic E-state index is -0.321.